The fourth-order valence-corrected chi connectivity index (χ4v) is 1.72. The molecule has 1 atom stereocenters. The Morgan fingerprint density at radius 2 is 1.74 bits per heavy atom. The van der Waals surface area contributed by atoms with Crippen molar-refractivity contribution in [3.8, 4) is 0 Å². The number of rotatable bonds is 6. The van der Waals surface area contributed by atoms with Crippen LogP contribution in [0.2, 0.25) is 0 Å². The predicted octanol–water partition coefficient (Wildman–Crippen LogP) is 1.50. The summed E-state index contributed by atoms with van der Waals surface area (Å²) < 4.78 is 26.7. The van der Waals surface area contributed by atoms with E-state index in [9.17, 15) is 18.4 Å². The lowest BCUT2D eigenvalue weighted by atomic mass is 10.1. The molecule has 1 aromatic carbocycles. The highest BCUT2D eigenvalue weighted by Crippen LogP contribution is 2.24. The molecule has 0 aliphatic heterocycles. The normalized spacial score (nSPS) is 12.4. The Morgan fingerprint density at radius 3 is 2.21 bits per heavy atom. The van der Waals surface area contributed by atoms with Gasteiger partial charge >= 0.3 is 11.9 Å². The monoisotopic (exact) mass is 273 g/mol. The van der Waals surface area contributed by atoms with Gasteiger partial charge in [0, 0.05) is 11.6 Å². The van der Waals surface area contributed by atoms with Crippen molar-refractivity contribution < 1.29 is 28.6 Å². The summed E-state index contributed by atoms with van der Waals surface area (Å²) in [6.45, 7) is 0.260. The number of carboxylic acid groups (broad SMARTS) is 2. The van der Waals surface area contributed by atoms with E-state index in [1.54, 1.807) is 0 Å². The highest BCUT2D eigenvalue weighted by Gasteiger charge is 2.24. The number of aliphatic carboxylic acids is 2. The Kier molecular flexibility index (Phi) is 4.94. The molecule has 0 amide bonds. The van der Waals surface area contributed by atoms with Crippen molar-refractivity contribution in [2.75, 3.05) is 13.1 Å². The number of hydrogen-bond donors (Lipinski definition) is 2. The highest BCUT2D eigenvalue weighted by molar-refractivity contribution is 5.72. The van der Waals surface area contributed by atoms with Gasteiger partial charge in [-0.3, -0.25) is 14.5 Å². The zero-order valence-corrected chi connectivity index (χ0v) is 10.1. The van der Waals surface area contributed by atoms with Crippen LogP contribution in [-0.4, -0.2) is 40.1 Å². The third-order valence-electron chi connectivity index (χ3n) is 2.66. The van der Waals surface area contributed by atoms with Gasteiger partial charge in [-0.05, 0) is 13.0 Å². The number of benzene rings is 1. The van der Waals surface area contributed by atoms with Crippen LogP contribution in [0.25, 0.3) is 0 Å². The second-order valence-corrected chi connectivity index (χ2v) is 4.01. The number of nitrogens with zero attached hydrogens (tertiary/aromatic N) is 1. The molecule has 1 aromatic rings. The topological polar surface area (TPSA) is 77.8 Å². The summed E-state index contributed by atoms with van der Waals surface area (Å²) in [4.78, 5) is 22.4. The summed E-state index contributed by atoms with van der Waals surface area (Å²) in [5.41, 5.74) is -0.0810. The molecule has 0 aliphatic carbocycles. The quantitative estimate of drug-likeness (QED) is 0.821. The van der Waals surface area contributed by atoms with E-state index in [1.807, 2.05) is 0 Å². The molecule has 0 heterocycles. The first-order valence-corrected chi connectivity index (χ1v) is 5.44. The van der Waals surface area contributed by atoms with Gasteiger partial charge in [0.1, 0.15) is 0 Å². The van der Waals surface area contributed by atoms with Crippen LogP contribution in [0.4, 0.5) is 8.78 Å². The van der Waals surface area contributed by atoms with Gasteiger partial charge in [0.2, 0.25) is 0 Å². The molecule has 104 valence electrons. The van der Waals surface area contributed by atoms with Crippen molar-refractivity contribution in [2.45, 2.75) is 13.0 Å². The molecule has 1 unspecified atom stereocenters. The third kappa shape index (κ3) is 3.99. The van der Waals surface area contributed by atoms with Gasteiger partial charge in [-0.1, -0.05) is 12.1 Å². The van der Waals surface area contributed by atoms with E-state index in [1.165, 1.54) is 19.1 Å². The van der Waals surface area contributed by atoms with Crippen molar-refractivity contribution in [1.29, 1.82) is 0 Å². The second kappa shape index (κ2) is 6.24. The van der Waals surface area contributed by atoms with Gasteiger partial charge in [-0.25, -0.2) is 8.78 Å². The van der Waals surface area contributed by atoms with Crippen LogP contribution in [0.15, 0.2) is 18.2 Å². The van der Waals surface area contributed by atoms with E-state index in [2.05, 4.69) is 0 Å². The average molecular weight is 273 g/mol. The van der Waals surface area contributed by atoms with Crippen LogP contribution in [0.1, 0.15) is 18.5 Å². The van der Waals surface area contributed by atoms with E-state index in [-0.39, 0.29) is 5.56 Å². The summed E-state index contributed by atoms with van der Waals surface area (Å²) in [6, 6.07) is 2.64. The van der Waals surface area contributed by atoms with Crippen LogP contribution in [0.5, 0.6) is 0 Å². The minimum atomic E-state index is -1.25. The van der Waals surface area contributed by atoms with Crippen LogP contribution < -0.4 is 0 Å². The van der Waals surface area contributed by atoms with Crippen molar-refractivity contribution in [3.05, 3.63) is 35.4 Å². The predicted molar refractivity (Wildman–Crippen MR) is 61.6 cm³/mol. The molecule has 1 rings (SSSR count). The smallest absolute Gasteiger partial charge is 0.317 e. The van der Waals surface area contributed by atoms with Crippen LogP contribution in [0, 0.1) is 11.6 Å². The highest BCUT2D eigenvalue weighted by atomic mass is 19.2. The summed E-state index contributed by atoms with van der Waals surface area (Å²) in [5, 5.41) is 17.4. The maximum absolute atomic E-state index is 13.6. The zero-order valence-electron chi connectivity index (χ0n) is 10.1. The van der Waals surface area contributed by atoms with Crippen molar-refractivity contribution >= 4 is 11.9 Å². The summed E-state index contributed by atoms with van der Waals surface area (Å²) in [7, 11) is 0. The van der Waals surface area contributed by atoms with Gasteiger partial charge in [0.05, 0.1) is 13.1 Å². The first kappa shape index (κ1) is 15.0. The lowest BCUT2D eigenvalue weighted by molar-refractivity contribution is -0.142. The summed E-state index contributed by atoms with van der Waals surface area (Å²) in [6.07, 6.45) is 0. The molecule has 0 saturated carbocycles. The Hall–Kier alpha value is -2.02. The van der Waals surface area contributed by atoms with Gasteiger partial charge < -0.3 is 10.2 Å². The van der Waals surface area contributed by atoms with Crippen molar-refractivity contribution in [1.82, 2.24) is 4.90 Å². The molecule has 19 heavy (non-hydrogen) atoms. The minimum absolute atomic E-state index is 0.0810. The first-order valence-electron chi connectivity index (χ1n) is 5.44. The van der Waals surface area contributed by atoms with Crippen molar-refractivity contribution in [2.24, 2.45) is 0 Å². The molecule has 2 N–H and O–H groups in total. The fourth-order valence-electron chi connectivity index (χ4n) is 1.72. The molecule has 7 heteroatoms. The van der Waals surface area contributed by atoms with E-state index in [4.69, 9.17) is 10.2 Å². The van der Waals surface area contributed by atoms with E-state index >= 15 is 0 Å². The third-order valence-corrected chi connectivity index (χ3v) is 2.66. The van der Waals surface area contributed by atoms with Gasteiger partial charge in [-0.2, -0.15) is 0 Å². The Balaban J connectivity index is 3.03. The number of carboxylic acids is 2. The van der Waals surface area contributed by atoms with Gasteiger partial charge in [-0.15, -0.1) is 0 Å². The SMILES string of the molecule is CC(c1cccc(F)c1F)N(CC(=O)O)CC(=O)O. The molecular formula is C12H13F2NO4. The molecule has 0 aromatic heterocycles. The molecule has 0 fully saturated rings. The Morgan fingerprint density at radius 1 is 1.21 bits per heavy atom. The molecule has 0 spiro atoms. The first-order chi connectivity index (χ1) is 8.82. The van der Waals surface area contributed by atoms with Crippen LogP contribution in [-0.2, 0) is 9.59 Å². The number of carbonyl (C=O) groups is 2. The number of halogens is 2. The molecular weight excluding hydrogens is 260 g/mol. The maximum Gasteiger partial charge on any atom is 0.317 e. The Labute approximate surface area is 108 Å². The average Bonchev–Trinajstić information content (AvgIpc) is 2.30. The number of hydrogen-bond acceptors (Lipinski definition) is 3. The Bertz CT molecular complexity index is 477. The van der Waals surface area contributed by atoms with Gasteiger partial charge in [0.25, 0.3) is 0 Å². The van der Waals surface area contributed by atoms with E-state index < -0.39 is 42.7 Å². The lowest BCUT2D eigenvalue weighted by Gasteiger charge is -2.26. The minimum Gasteiger partial charge on any atom is -0.480 e. The lowest BCUT2D eigenvalue weighted by Crippen LogP contribution is -2.36. The second-order valence-electron chi connectivity index (χ2n) is 4.01. The maximum atomic E-state index is 13.6. The molecule has 5 nitrogen and oxygen atoms in total. The van der Waals surface area contributed by atoms with E-state index in [0.29, 0.717) is 0 Å². The largest absolute Gasteiger partial charge is 0.480 e. The fraction of sp³-hybridized carbons (Fsp3) is 0.333. The summed E-state index contributed by atoms with van der Waals surface area (Å²) in [5.74, 6) is -4.65. The van der Waals surface area contributed by atoms with Gasteiger partial charge in [0.15, 0.2) is 11.6 Å². The van der Waals surface area contributed by atoms with Crippen LogP contribution in [0.3, 0.4) is 0 Å². The van der Waals surface area contributed by atoms with E-state index in [0.717, 1.165) is 11.0 Å². The van der Waals surface area contributed by atoms with Crippen molar-refractivity contribution in [3.63, 3.8) is 0 Å². The molecule has 0 aliphatic rings. The summed E-state index contributed by atoms with van der Waals surface area (Å²) >= 11 is 0. The zero-order chi connectivity index (χ0) is 14.6. The van der Waals surface area contributed by atoms with Crippen LogP contribution >= 0.6 is 0 Å². The molecule has 0 saturated heterocycles. The standard InChI is InChI=1S/C12H13F2NO4/c1-7(8-3-2-4-9(13)12(8)14)15(5-10(16)17)6-11(18)19/h2-4,7H,5-6H2,1H3,(H,16,17)(H,18,19). The molecule has 0 bridgehead atoms. The molecule has 0 radical (unpaired) electrons.